The zero-order chi connectivity index (χ0) is 23.8. The quantitative estimate of drug-likeness (QED) is 0.533. The van der Waals surface area contributed by atoms with E-state index >= 15 is 0 Å². The fourth-order valence-corrected chi connectivity index (χ4v) is 4.76. The number of halogens is 3. The highest BCUT2D eigenvalue weighted by Crippen LogP contribution is 2.31. The van der Waals surface area contributed by atoms with E-state index in [4.69, 9.17) is 9.15 Å². The Kier molecular flexibility index (Phi) is 6.28. The van der Waals surface area contributed by atoms with Crippen molar-refractivity contribution in [3.8, 4) is 5.75 Å². The zero-order valence-corrected chi connectivity index (χ0v) is 18.7. The first-order chi connectivity index (χ1) is 15.5. The molecule has 0 bridgehead atoms. The number of fused-ring (bicyclic) bond motifs is 1. The van der Waals surface area contributed by atoms with Crippen LogP contribution in [0.3, 0.4) is 0 Å². The molecule has 33 heavy (non-hydrogen) atoms. The van der Waals surface area contributed by atoms with Crippen LogP contribution >= 0.6 is 0 Å². The molecule has 0 spiro atoms. The van der Waals surface area contributed by atoms with Crippen molar-refractivity contribution in [2.24, 2.45) is 5.92 Å². The molecule has 1 aromatic carbocycles. The molecule has 1 saturated heterocycles. The first-order valence-electron chi connectivity index (χ1n) is 10.4. The van der Waals surface area contributed by atoms with Gasteiger partial charge in [0.05, 0.1) is 25.0 Å². The maximum Gasteiger partial charge on any atom is 0.416 e. The van der Waals surface area contributed by atoms with E-state index in [-0.39, 0.29) is 30.2 Å². The minimum absolute atomic E-state index is 0.0665. The minimum Gasteiger partial charge on any atom is -0.486 e. The fraction of sp³-hybridized carbons (Fsp3) is 0.409. The van der Waals surface area contributed by atoms with Crippen LogP contribution in [0.5, 0.6) is 5.75 Å². The fourth-order valence-electron chi connectivity index (χ4n) is 3.89. The molecule has 7 nitrogen and oxygen atoms in total. The maximum absolute atomic E-state index is 12.9. The van der Waals surface area contributed by atoms with Crippen LogP contribution in [0.25, 0.3) is 10.8 Å². The molecule has 2 aromatic heterocycles. The lowest BCUT2D eigenvalue weighted by atomic mass is 9.99. The molecule has 0 unspecified atom stereocenters. The van der Waals surface area contributed by atoms with Crippen LogP contribution in [0.1, 0.15) is 24.2 Å². The summed E-state index contributed by atoms with van der Waals surface area (Å²) in [5.74, 6) is 0.540. The lowest BCUT2D eigenvalue weighted by Crippen LogP contribution is -2.39. The first-order valence-corrected chi connectivity index (χ1v) is 12.2. The molecule has 0 N–H and O–H groups in total. The van der Waals surface area contributed by atoms with Gasteiger partial charge in [0, 0.05) is 31.5 Å². The molecule has 1 aliphatic heterocycles. The van der Waals surface area contributed by atoms with E-state index in [2.05, 4.69) is 0 Å². The normalized spacial score (nSPS) is 16.4. The number of sulfonamides is 1. The van der Waals surface area contributed by atoms with Crippen LogP contribution in [0, 0.1) is 5.92 Å². The Morgan fingerprint density at radius 1 is 1.12 bits per heavy atom. The Morgan fingerprint density at radius 2 is 1.82 bits per heavy atom. The van der Waals surface area contributed by atoms with Crippen molar-refractivity contribution in [2.45, 2.75) is 25.6 Å². The summed E-state index contributed by atoms with van der Waals surface area (Å²) in [5.41, 5.74) is -1.08. The van der Waals surface area contributed by atoms with E-state index in [1.54, 1.807) is 17.0 Å². The van der Waals surface area contributed by atoms with Crippen molar-refractivity contribution in [1.82, 2.24) is 8.87 Å². The molecule has 0 saturated carbocycles. The van der Waals surface area contributed by atoms with Crippen molar-refractivity contribution in [2.75, 3.05) is 26.0 Å². The average Bonchev–Trinajstić information content (AvgIpc) is 3.13. The SMILES string of the molecule is CS(=O)(=O)N1CCC(COc2coc(Cn3cc4ccc(C(F)(F)F)cc4c3)cc2=O)CC1. The summed E-state index contributed by atoms with van der Waals surface area (Å²) in [7, 11) is -3.20. The van der Waals surface area contributed by atoms with Gasteiger partial charge in [-0.1, -0.05) is 6.07 Å². The lowest BCUT2D eigenvalue weighted by Gasteiger charge is -2.29. The highest BCUT2D eigenvalue weighted by atomic mass is 32.2. The Bertz CT molecular complexity index is 1310. The van der Waals surface area contributed by atoms with Gasteiger partial charge in [0.1, 0.15) is 12.0 Å². The smallest absolute Gasteiger partial charge is 0.416 e. The van der Waals surface area contributed by atoms with Gasteiger partial charge >= 0.3 is 6.18 Å². The van der Waals surface area contributed by atoms with E-state index in [0.717, 1.165) is 12.1 Å². The van der Waals surface area contributed by atoms with Crippen LogP contribution in [0.4, 0.5) is 13.2 Å². The summed E-state index contributed by atoms with van der Waals surface area (Å²) < 4.78 is 76.1. The highest BCUT2D eigenvalue weighted by molar-refractivity contribution is 7.88. The number of nitrogens with zero attached hydrogens (tertiary/aromatic N) is 2. The monoisotopic (exact) mass is 484 g/mol. The summed E-state index contributed by atoms with van der Waals surface area (Å²) in [5, 5.41) is 1.08. The van der Waals surface area contributed by atoms with Crippen molar-refractivity contribution < 1.29 is 30.7 Å². The number of ether oxygens (including phenoxy) is 1. The minimum atomic E-state index is -4.41. The van der Waals surface area contributed by atoms with Gasteiger partial charge in [-0.3, -0.25) is 4.79 Å². The molecule has 0 atom stereocenters. The molecule has 1 aliphatic rings. The summed E-state index contributed by atoms with van der Waals surface area (Å²) in [6.07, 6.45) is 2.55. The Balaban J connectivity index is 1.37. The van der Waals surface area contributed by atoms with E-state index in [9.17, 15) is 26.4 Å². The van der Waals surface area contributed by atoms with Gasteiger partial charge in [0.2, 0.25) is 21.2 Å². The maximum atomic E-state index is 12.9. The number of hydrogen-bond acceptors (Lipinski definition) is 5. The number of hydrogen-bond donors (Lipinski definition) is 0. The average molecular weight is 484 g/mol. The summed E-state index contributed by atoms with van der Waals surface area (Å²) in [6.45, 7) is 1.31. The van der Waals surface area contributed by atoms with E-state index < -0.39 is 21.8 Å². The van der Waals surface area contributed by atoms with Crippen LogP contribution in [0.2, 0.25) is 0 Å². The Labute approximate surface area is 188 Å². The number of rotatable bonds is 6. The number of benzene rings is 1. The molecule has 0 radical (unpaired) electrons. The van der Waals surface area contributed by atoms with Gasteiger partial charge in [0.25, 0.3) is 0 Å². The lowest BCUT2D eigenvalue weighted by molar-refractivity contribution is -0.137. The second kappa shape index (κ2) is 8.86. The molecule has 3 heterocycles. The van der Waals surface area contributed by atoms with Crippen molar-refractivity contribution in [3.05, 3.63) is 64.5 Å². The van der Waals surface area contributed by atoms with Gasteiger partial charge in [0.15, 0.2) is 0 Å². The van der Waals surface area contributed by atoms with Gasteiger partial charge in [-0.05, 0) is 41.7 Å². The largest absolute Gasteiger partial charge is 0.486 e. The third kappa shape index (κ3) is 5.59. The van der Waals surface area contributed by atoms with Gasteiger partial charge in [-0.15, -0.1) is 0 Å². The Morgan fingerprint density at radius 3 is 2.45 bits per heavy atom. The van der Waals surface area contributed by atoms with Gasteiger partial charge in [-0.2, -0.15) is 13.2 Å². The number of aromatic nitrogens is 1. The second-order valence-electron chi connectivity index (χ2n) is 8.26. The molecule has 4 rings (SSSR count). The molecular formula is C22H23F3N2O5S. The molecule has 0 amide bonds. The molecule has 178 valence electrons. The van der Waals surface area contributed by atoms with Gasteiger partial charge < -0.3 is 13.7 Å². The molecule has 11 heteroatoms. The predicted molar refractivity (Wildman–Crippen MR) is 116 cm³/mol. The van der Waals surface area contributed by atoms with Crippen LogP contribution in [-0.4, -0.2) is 43.2 Å². The molecular weight excluding hydrogens is 461 g/mol. The highest BCUT2D eigenvalue weighted by Gasteiger charge is 2.30. The second-order valence-corrected chi connectivity index (χ2v) is 10.2. The number of alkyl halides is 3. The van der Waals surface area contributed by atoms with Crippen molar-refractivity contribution >= 4 is 20.8 Å². The molecule has 3 aromatic rings. The topological polar surface area (TPSA) is 81.8 Å². The van der Waals surface area contributed by atoms with Gasteiger partial charge in [-0.25, -0.2) is 12.7 Å². The van der Waals surface area contributed by atoms with E-state index in [1.807, 2.05) is 0 Å². The van der Waals surface area contributed by atoms with E-state index in [1.165, 1.54) is 29.0 Å². The number of piperidine rings is 1. The van der Waals surface area contributed by atoms with Crippen LogP contribution in [0.15, 0.2) is 52.1 Å². The van der Waals surface area contributed by atoms with Crippen LogP contribution < -0.4 is 10.2 Å². The summed E-state index contributed by atoms with van der Waals surface area (Å²) in [6, 6.07) is 4.82. The summed E-state index contributed by atoms with van der Waals surface area (Å²) in [4.78, 5) is 12.4. The molecule has 1 fully saturated rings. The third-order valence-corrected chi connectivity index (χ3v) is 7.03. The molecule has 0 aliphatic carbocycles. The van der Waals surface area contributed by atoms with Crippen LogP contribution in [-0.2, 0) is 22.7 Å². The van der Waals surface area contributed by atoms with Crippen molar-refractivity contribution in [1.29, 1.82) is 0 Å². The summed E-state index contributed by atoms with van der Waals surface area (Å²) >= 11 is 0. The zero-order valence-electron chi connectivity index (χ0n) is 17.8. The van der Waals surface area contributed by atoms with Crippen molar-refractivity contribution in [3.63, 3.8) is 0 Å². The predicted octanol–water partition coefficient (Wildman–Crippen LogP) is 3.71. The third-order valence-electron chi connectivity index (χ3n) is 5.73. The Hall–Kier alpha value is -2.79. The first kappa shape index (κ1) is 23.4. The standard InChI is InChI=1S/C22H23F3N2O5S/c1-33(29,30)27-6-4-15(5-7-27)13-32-21-14-31-19(9-20(21)28)12-26-10-16-2-3-18(22(23,24)25)8-17(16)11-26/h2-3,8-11,14-15H,4-7,12-13H2,1H3. The van der Waals surface area contributed by atoms with E-state index in [0.29, 0.717) is 42.5 Å².